The molecule has 0 saturated heterocycles. The van der Waals surface area contributed by atoms with Gasteiger partial charge in [0, 0.05) is 12.6 Å². The zero-order valence-electron chi connectivity index (χ0n) is 16.5. The highest BCUT2D eigenvalue weighted by molar-refractivity contribution is 5.80. The first-order valence-corrected chi connectivity index (χ1v) is 10.5. The van der Waals surface area contributed by atoms with E-state index in [2.05, 4.69) is 0 Å². The summed E-state index contributed by atoms with van der Waals surface area (Å²) in [7, 11) is 0. The Bertz CT molecular complexity index is 728. The second-order valence-corrected chi connectivity index (χ2v) is 8.06. The number of benzene rings is 1. The molecule has 1 aliphatic heterocycles. The van der Waals surface area contributed by atoms with E-state index in [1.807, 2.05) is 30.0 Å². The predicted octanol–water partition coefficient (Wildman–Crippen LogP) is 3.32. The second kappa shape index (κ2) is 8.41. The van der Waals surface area contributed by atoms with Crippen LogP contribution in [0, 0.1) is 11.8 Å². The van der Waals surface area contributed by atoms with Crippen LogP contribution in [-0.2, 0) is 20.7 Å². The highest BCUT2D eigenvalue weighted by atomic mass is 16.7. The number of ether oxygens (including phenoxy) is 3. The molecule has 1 amide bonds. The minimum atomic E-state index is -0.112. The molecule has 6 heteroatoms. The Kier molecular flexibility index (Phi) is 5.74. The van der Waals surface area contributed by atoms with Gasteiger partial charge in [-0.2, -0.15) is 0 Å². The normalized spacial score (nSPS) is 23.3. The number of hydrogen-bond acceptors (Lipinski definition) is 5. The zero-order chi connectivity index (χ0) is 19.5. The molecule has 0 aromatic heterocycles. The van der Waals surface area contributed by atoms with Crippen LogP contribution in [-0.4, -0.2) is 42.8 Å². The van der Waals surface area contributed by atoms with E-state index in [1.165, 1.54) is 19.3 Å². The number of nitrogens with zero attached hydrogens (tertiary/aromatic N) is 1. The Labute approximate surface area is 166 Å². The lowest BCUT2D eigenvalue weighted by atomic mass is 9.93. The Hall–Kier alpha value is -2.24. The van der Waals surface area contributed by atoms with E-state index >= 15 is 0 Å². The third kappa shape index (κ3) is 4.26. The number of amides is 1. The van der Waals surface area contributed by atoms with Crippen molar-refractivity contribution in [2.24, 2.45) is 11.8 Å². The molecule has 28 heavy (non-hydrogen) atoms. The standard InChI is InChI=1S/C22H29NO5/c1-2-26-22(25)18-12-16(18)13-23(17-6-4-3-5-7-17)21(24)11-15-8-9-19-20(10-15)28-14-27-19/h8-10,16-18H,2-7,11-14H2,1H3/t16-,18-/m1/s1. The predicted molar refractivity (Wildman–Crippen MR) is 103 cm³/mol. The third-order valence-electron chi connectivity index (χ3n) is 6.07. The van der Waals surface area contributed by atoms with Crippen LogP contribution in [0.1, 0.15) is 51.0 Å². The van der Waals surface area contributed by atoms with Crippen LogP contribution in [0.4, 0.5) is 0 Å². The summed E-state index contributed by atoms with van der Waals surface area (Å²) in [5.41, 5.74) is 0.938. The van der Waals surface area contributed by atoms with Crippen molar-refractivity contribution in [1.29, 1.82) is 0 Å². The number of hydrogen-bond donors (Lipinski definition) is 0. The lowest BCUT2D eigenvalue weighted by Gasteiger charge is -2.35. The Balaban J connectivity index is 1.42. The number of carbonyl (C=O) groups is 2. The fraction of sp³-hybridized carbons (Fsp3) is 0.636. The van der Waals surface area contributed by atoms with Gasteiger partial charge in [0.2, 0.25) is 12.7 Å². The molecule has 0 unspecified atom stereocenters. The smallest absolute Gasteiger partial charge is 0.309 e. The fourth-order valence-electron chi connectivity index (χ4n) is 4.41. The van der Waals surface area contributed by atoms with Crippen LogP contribution in [0.3, 0.4) is 0 Å². The van der Waals surface area contributed by atoms with Crippen LogP contribution in [0.25, 0.3) is 0 Å². The molecule has 0 spiro atoms. The summed E-state index contributed by atoms with van der Waals surface area (Å²) in [6.45, 7) is 3.14. The second-order valence-electron chi connectivity index (χ2n) is 8.06. The number of esters is 1. The molecule has 3 aliphatic rings. The van der Waals surface area contributed by atoms with E-state index in [9.17, 15) is 9.59 Å². The summed E-state index contributed by atoms with van der Waals surface area (Å²) in [5, 5.41) is 0. The average molecular weight is 387 g/mol. The largest absolute Gasteiger partial charge is 0.466 e. The molecule has 152 valence electrons. The van der Waals surface area contributed by atoms with Crippen molar-refractivity contribution in [1.82, 2.24) is 4.90 Å². The molecule has 2 aliphatic carbocycles. The molecule has 2 atom stereocenters. The Morgan fingerprint density at radius 3 is 2.71 bits per heavy atom. The van der Waals surface area contributed by atoms with Gasteiger partial charge in [-0.25, -0.2) is 0 Å². The van der Waals surface area contributed by atoms with Crippen LogP contribution in [0.5, 0.6) is 11.5 Å². The molecule has 4 rings (SSSR count). The van der Waals surface area contributed by atoms with E-state index < -0.39 is 0 Å². The zero-order valence-corrected chi connectivity index (χ0v) is 16.5. The average Bonchev–Trinajstić information content (AvgIpc) is 3.33. The maximum atomic E-state index is 13.2. The molecule has 1 aromatic rings. The number of carbonyl (C=O) groups excluding carboxylic acids is 2. The van der Waals surface area contributed by atoms with Gasteiger partial charge in [0.15, 0.2) is 11.5 Å². The molecular formula is C22H29NO5. The van der Waals surface area contributed by atoms with Gasteiger partial charge in [-0.1, -0.05) is 25.3 Å². The maximum absolute atomic E-state index is 13.2. The quantitative estimate of drug-likeness (QED) is 0.672. The lowest BCUT2D eigenvalue weighted by molar-refractivity contribution is -0.145. The fourth-order valence-corrected chi connectivity index (χ4v) is 4.41. The molecule has 0 radical (unpaired) electrons. The minimum absolute atomic E-state index is 0.0376. The topological polar surface area (TPSA) is 65.1 Å². The molecule has 0 N–H and O–H groups in total. The highest BCUT2D eigenvalue weighted by Gasteiger charge is 2.46. The Morgan fingerprint density at radius 2 is 1.93 bits per heavy atom. The van der Waals surface area contributed by atoms with Crippen LogP contribution >= 0.6 is 0 Å². The SMILES string of the molecule is CCOC(=O)[C@@H]1C[C@@H]1CN(C(=O)Cc1ccc2c(c1)OCO2)C1CCCCC1. The van der Waals surface area contributed by atoms with E-state index in [-0.39, 0.29) is 30.5 Å². The van der Waals surface area contributed by atoms with Crippen molar-refractivity contribution in [3.05, 3.63) is 23.8 Å². The molecule has 2 saturated carbocycles. The summed E-state index contributed by atoms with van der Waals surface area (Å²) in [4.78, 5) is 27.3. The molecule has 0 bridgehead atoms. The van der Waals surface area contributed by atoms with Crippen molar-refractivity contribution in [2.45, 2.75) is 57.9 Å². The van der Waals surface area contributed by atoms with Gasteiger partial charge in [0.25, 0.3) is 0 Å². The first-order valence-electron chi connectivity index (χ1n) is 10.5. The van der Waals surface area contributed by atoms with Gasteiger partial charge in [-0.15, -0.1) is 0 Å². The minimum Gasteiger partial charge on any atom is -0.466 e. The molecule has 1 aromatic carbocycles. The Morgan fingerprint density at radius 1 is 1.14 bits per heavy atom. The van der Waals surface area contributed by atoms with Gasteiger partial charge in [0.05, 0.1) is 18.9 Å². The van der Waals surface area contributed by atoms with Crippen LogP contribution < -0.4 is 9.47 Å². The monoisotopic (exact) mass is 387 g/mol. The highest BCUT2D eigenvalue weighted by Crippen LogP contribution is 2.41. The lowest BCUT2D eigenvalue weighted by Crippen LogP contribution is -2.43. The van der Waals surface area contributed by atoms with Crippen molar-refractivity contribution >= 4 is 11.9 Å². The summed E-state index contributed by atoms with van der Waals surface area (Å²) in [5.74, 6) is 1.67. The van der Waals surface area contributed by atoms with E-state index in [1.54, 1.807) is 0 Å². The molecular weight excluding hydrogens is 358 g/mol. The van der Waals surface area contributed by atoms with E-state index in [0.29, 0.717) is 31.4 Å². The molecule has 2 fully saturated rings. The summed E-state index contributed by atoms with van der Waals surface area (Å²) in [6, 6.07) is 5.99. The summed E-state index contributed by atoms with van der Waals surface area (Å²) in [6.07, 6.45) is 6.89. The van der Waals surface area contributed by atoms with Crippen molar-refractivity contribution < 1.29 is 23.8 Å². The first kappa shape index (κ1) is 19.1. The van der Waals surface area contributed by atoms with Crippen LogP contribution in [0.15, 0.2) is 18.2 Å². The van der Waals surface area contributed by atoms with Gasteiger partial charge >= 0.3 is 5.97 Å². The van der Waals surface area contributed by atoms with E-state index in [4.69, 9.17) is 14.2 Å². The maximum Gasteiger partial charge on any atom is 0.309 e. The summed E-state index contributed by atoms with van der Waals surface area (Å²) < 4.78 is 15.9. The third-order valence-corrected chi connectivity index (χ3v) is 6.07. The van der Waals surface area contributed by atoms with Gasteiger partial charge in [-0.3, -0.25) is 9.59 Å². The molecule has 6 nitrogen and oxygen atoms in total. The van der Waals surface area contributed by atoms with Crippen molar-refractivity contribution in [2.75, 3.05) is 19.9 Å². The van der Waals surface area contributed by atoms with Gasteiger partial charge in [0.1, 0.15) is 0 Å². The number of fused-ring (bicyclic) bond motifs is 1. The van der Waals surface area contributed by atoms with Gasteiger partial charge in [-0.05, 0) is 49.8 Å². The molecule has 1 heterocycles. The van der Waals surface area contributed by atoms with Gasteiger partial charge < -0.3 is 19.1 Å². The summed E-state index contributed by atoms with van der Waals surface area (Å²) >= 11 is 0. The van der Waals surface area contributed by atoms with Crippen LogP contribution in [0.2, 0.25) is 0 Å². The van der Waals surface area contributed by atoms with Crippen molar-refractivity contribution in [3.8, 4) is 11.5 Å². The number of rotatable bonds is 7. The van der Waals surface area contributed by atoms with E-state index in [0.717, 1.165) is 30.6 Å². The van der Waals surface area contributed by atoms with Crippen molar-refractivity contribution in [3.63, 3.8) is 0 Å². The first-order chi connectivity index (χ1) is 13.7.